The molecule has 0 spiro atoms. The van der Waals surface area contributed by atoms with Gasteiger partial charge in [0.25, 0.3) is 5.91 Å². The molecule has 0 bridgehead atoms. The fourth-order valence-electron chi connectivity index (χ4n) is 2.75. The molecule has 0 saturated heterocycles. The van der Waals surface area contributed by atoms with E-state index in [0.29, 0.717) is 34.8 Å². The van der Waals surface area contributed by atoms with Gasteiger partial charge in [0.1, 0.15) is 5.75 Å². The second-order valence-corrected chi connectivity index (χ2v) is 7.79. The van der Waals surface area contributed by atoms with Crippen molar-refractivity contribution in [3.63, 3.8) is 0 Å². The van der Waals surface area contributed by atoms with Crippen LogP contribution in [0.25, 0.3) is 0 Å². The molecule has 3 aromatic carbocycles. The van der Waals surface area contributed by atoms with E-state index in [9.17, 15) is 9.59 Å². The van der Waals surface area contributed by atoms with Crippen LogP contribution in [0.5, 0.6) is 17.2 Å². The fraction of sp³-hybridized carbons (Fsp3) is 0.160. The Morgan fingerprint density at radius 3 is 2.33 bits per heavy atom. The largest absolute Gasteiger partial charge is 0.494 e. The maximum Gasteiger partial charge on any atom is 0.343 e. The van der Waals surface area contributed by atoms with Crippen molar-refractivity contribution >= 4 is 34.0 Å². The molecule has 170 valence electrons. The van der Waals surface area contributed by atoms with Crippen molar-refractivity contribution in [1.82, 2.24) is 5.43 Å². The minimum atomic E-state index is -0.515. The SMILES string of the molecule is CCCOc1ccc(C(=O)Oc2ccc(C=NNC(=O)c3ccc(Br)cc3)cc2OC)cc1. The van der Waals surface area contributed by atoms with Gasteiger partial charge in [0.15, 0.2) is 11.5 Å². The summed E-state index contributed by atoms with van der Waals surface area (Å²) in [6, 6.07) is 18.6. The van der Waals surface area contributed by atoms with Crippen molar-refractivity contribution in [3.8, 4) is 17.2 Å². The summed E-state index contributed by atoms with van der Waals surface area (Å²) >= 11 is 3.33. The summed E-state index contributed by atoms with van der Waals surface area (Å²) in [5, 5.41) is 3.97. The average molecular weight is 511 g/mol. The lowest BCUT2D eigenvalue weighted by Gasteiger charge is -2.10. The van der Waals surface area contributed by atoms with Crippen LogP contribution in [0.15, 0.2) is 76.3 Å². The lowest BCUT2D eigenvalue weighted by molar-refractivity contribution is 0.0729. The lowest BCUT2D eigenvalue weighted by atomic mass is 10.2. The standard InChI is InChI=1S/C25H23BrN2O5/c1-3-14-32-21-11-7-19(8-12-21)25(30)33-22-13-4-17(15-23(22)31-2)16-27-28-24(29)18-5-9-20(26)10-6-18/h4-13,15-16H,3,14H2,1-2H3,(H,28,29). The first-order valence-electron chi connectivity index (χ1n) is 10.2. The van der Waals surface area contributed by atoms with Gasteiger partial charge >= 0.3 is 5.97 Å². The van der Waals surface area contributed by atoms with Crippen LogP contribution in [0.3, 0.4) is 0 Å². The minimum absolute atomic E-state index is 0.268. The molecule has 0 aliphatic rings. The molecule has 0 radical (unpaired) electrons. The van der Waals surface area contributed by atoms with Gasteiger partial charge in [-0.1, -0.05) is 22.9 Å². The Hall–Kier alpha value is -3.65. The molecule has 0 aromatic heterocycles. The summed E-state index contributed by atoms with van der Waals surface area (Å²) in [5.41, 5.74) is 4.00. The number of carbonyl (C=O) groups excluding carboxylic acids is 2. The van der Waals surface area contributed by atoms with Crippen LogP contribution in [-0.2, 0) is 0 Å². The molecule has 7 nitrogen and oxygen atoms in total. The number of nitrogens with one attached hydrogen (secondary N) is 1. The molecule has 1 N–H and O–H groups in total. The third kappa shape index (κ3) is 6.92. The van der Waals surface area contributed by atoms with E-state index in [2.05, 4.69) is 26.5 Å². The van der Waals surface area contributed by atoms with Crippen LogP contribution < -0.4 is 19.6 Å². The van der Waals surface area contributed by atoms with Gasteiger partial charge in [0.05, 0.1) is 25.5 Å². The number of methoxy groups -OCH3 is 1. The summed E-state index contributed by atoms with van der Waals surface area (Å²) in [4.78, 5) is 24.6. The second kappa shape index (κ2) is 11.8. The average Bonchev–Trinajstić information content (AvgIpc) is 2.84. The maximum absolute atomic E-state index is 12.5. The van der Waals surface area contributed by atoms with Crippen molar-refractivity contribution < 1.29 is 23.8 Å². The smallest absolute Gasteiger partial charge is 0.343 e. The fourth-order valence-corrected chi connectivity index (χ4v) is 3.01. The molecule has 1 amide bonds. The molecule has 8 heteroatoms. The van der Waals surface area contributed by atoms with Gasteiger partial charge in [-0.15, -0.1) is 0 Å². The Balaban J connectivity index is 1.62. The molecule has 3 rings (SSSR count). The number of ether oxygens (including phenoxy) is 3. The molecular formula is C25H23BrN2O5. The van der Waals surface area contributed by atoms with Crippen LogP contribution in [0.1, 0.15) is 39.6 Å². The predicted octanol–water partition coefficient (Wildman–Crippen LogP) is 5.23. The molecule has 0 unspecified atom stereocenters. The molecule has 0 atom stereocenters. The highest BCUT2D eigenvalue weighted by atomic mass is 79.9. The number of rotatable bonds is 9. The Morgan fingerprint density at radius 2 is 1.67 bits per heavy atom. The van der Waals surface area contributed by atoms with Gasteiger partial charge in [-0.25, -0.2) is 10.2 Å². The number of benzene rings is 3. The van der Waals surface area contributed by atoms with E-state index in [1.54, 1.807) is 66.7 Å². The van der Waals surface area contributed by atoms with Crippen molar-refractivity contribution in [2.75, 3.05) is 13.7 Å². The summed E-state index contributed by atoms with van der Waals surface area (Å²) < 4.78 is 17.2. The lowest BCUT2D eigenvalue weighted by Crippen LogP contribution is -2.17. The molecule has 0 fully saturated rings. The van der Waals surface area contributed by atoms with Crippen molar-refractivity contribution in [1.29, 1.82) is 0 Å². The number of carbonyl (C=O) groups is 2. The first-order valence-corrected chi connectivity index (χ1v) is 11.0. The maximum atomic E-state index is 12.5. The Labute approximate surface area is 200 Å². The zero-order valence-corrected chi connectivity index (χ0v) is 19.8. The Bertz CT molecular complexity index is 1130. The number of esters is 1. The zero-order chi connectivity index (χ0) is 23.6. The first kappa shape index (κ1) is 24.0. The summed E-state index contributed by atoms with van der Waals surface area (Å²) in [5.74, 6) is 0.474. The van der Waals surface area contributed by atoms with E-state index in [4.69, 9.17) is 14.2 Å². The molecule has 3 aromatic rings. The molecule has 0 heterocycles. The van der Waals surface area contributed by atoms with Crippen LogP contribution in [0.2, 0.25) is 0 Å². The van der Waals surface area contributed by atoms with Crippen molar-refractivity contribution in [2.24, 2.45) is 5.10 Å². The highest BCUT2D eigenvalue weighted by molar-refractivity contribution is 9.10. The summed E-state index contributed by atoms with van der Waals surface area (Å²) in [7, 11) is 1.47. The van der Waals surface area contributed by atoms with Crippen LogP contribution >= 0.6 is 15.9 Å². The van der Waals surface area contributed by atoms with Gasteiger partial charge in [-0.2, -0.15) is 5.10 Å². The number of nitrogens with zero attached hydrogens (tertiary/aromatic N) is 1. The van der Waals surface area contributed by atoms with E-state index >= 15 is 0 Å². The van der Waals surface area contributed by atoms with E-state index in [1.807, 2.05) is 6.92 Å². The second-order valence-electron chi connectivity index (χ2n) is 6.88. The van der Waals surface area contributed by atoms with Gasteiger partial charge in [-0.05, 0) is 78.7 Å². The minimum Gasteiger partial charge on any atom is -0.494 e. The van der Waals surface area contributed by atoms with E-state index in [-0.39, 0.29) is 11.7 Å². The van der Waals surface area contributed by atoms with E-state index in [0.717, 1.165) is 10.9 Å². The van der Waals surface area contributed by atoms with E-state index in [1.165, 1.54) is 13.3 Å². The summed E-state index contributed by atoms with van der Waals surface area (Å²) in [6.45, 7) is 2.64. The van der Waals surface area contributed by atoms with Crippen LogP contribution in [-0.4, -0.2) is 31.8 Å². The quantitative estimate of drug-likeness (QED) is 0.184. The van der Waals surface area contributed by atoms with Crippen molar-refractivity contribution in [2.45, 2.75) is 13.3 Å². The third-order valence-electron chi connectivity index (χ3n) is 4.44. The number of amides is 1. The van der Waals surface area contributed by atoms with Gasteiger partial charge in [-0.3, -0.25) is 4.79 Å². The third-order valence-corrected chi connectivity index (χ3v) is 4.97. The normalized spacial score (nSPS) is 10.6. The molecular weight excluding hydrogens is 488 g/mol. The highest BCUT2D eigenvalue weighted by Crippen LogP contribution is 2.28. The van der Waals surface area contributed by atoms with Gasteiger partial charge < -0.3 is 14.2 Å². The summed E-state index contributed by atoms with van der Waals surface area (Å²) in [6.07, 6.45) is 2.38. The topological polar surface area (TPSA) is 86.2 Å². The van der Waals surface area contributed by atoms with Crippen LogP contribution in [0, 0.1) is 0 Å². The number of hydrogen-bond acceptors (Lipinski definition) is 6. The molecule has 0 aliphatic heterocycles. The predicted molar refractivity (Wildman–Crippen MR) is 129 cm³/mol. The number of hydrazone groups is 1. The monoisotopic (exact) mass is 510 g/mol. The van der Waals surface area contributed by atoms with Crippen LogP contribution in [0.4, 0.5) is 0 Å². The molecule has 0 saturated carbocycles. The Kier molecular flexibility index (Phi) is 8.60. The van der Waals surface area contributed by atoms with Crippen molar-refractivity contribution in [3.05, 3.63) is 87.9 Å². The first-order chi connectivity index (χ1) is 16.0. The van der Waals surface area contributed by atoms with E-state index < -0.39 is 5.97 Å². The Morgan fingerprint density at radius 1 is 0.970 bits per heavy atom. The van der Waals surface area contributed by atoms with Gasteiger partial charge in [0.2, 0.25) is 0 Å². The zero-order valence-electron chi connectivity index (χ0n) is 18.2. The number of halogens is 1. The number of hydrogen-bond donors (Lipinski definition) is 1. The molecule has 33 heavy (non-hydrogen) atoms. The van der Waals surface area contributed by atoms with Gasteiger partial charge in [0, 0.05) is 10.0 Å². The molecule has 0 aliphatic carbocycles. The highest BCUT2D eigenvalue weighted by Gasteiger charge is 2.13.